The predicted molar refractivity (Wildman–Crippen MR) is 94.8 cm³/mol. The molecule has 0 heterocycles. The lowest BCUT2D eigenvalue weighted by Gasteiger charge is -2.40. The number of rotatable bonds is 6. The monoisotopic (exact) mass is 362 g/mol. The number of carbonyl (C=O) groups excluding carboxylic acids is 2. The van der Waals surface area contributed by atoms with Gasteiger partial charge in [-0.1, -0.05) is 6.58 Å². The second-order valence-corrected chi connectivity index (χ2v) is 8.74. The molecule has 26 heavy (non-hydrogen) atoms. The van der Waals surface area contributed by atoms with Gasteiger partial charge >= 0.3 is 11.9 Å². The molecule has 4 bridgehead atoms. The van der Waals surface area contributed by atoms with Crippen LogP contribution in [0.15, 0.2) is 12.2 Å². The Labute approximate surface area is 155 Å². The fourth-order valence-corrected chi connectivity index (χ4v) is 6.70. The number of esters is 2. The Kier molecular flexibility index (Phi) is 4.62. The first-order valence-electron chi connectivity index (χ1n) is 10.1. The van der Waals surface area contributed by atoms with Crippen LogP contribution >= 0.6 is 0 Å². The van der Waals surface area contributed by atoms with Crippen LogP contribution in [0.1, 0.15) is 46.5 Å². The summed E-state index contributed by atoms with van der Waals surface area (Å²) in [5, 5.41) is 0. The molecule has 0 aromatic rings. The summed E-state index contributed by atoms with van der Waals surface area (Å²) in [4.78, 5) is 24.5. The second kappa shape index (κ2) is 6.66. The van der Waals surface area contributed by atoms with E-state index in [1.54, 1.807) is 13.8 Å². The SMILES string of the molecule is C=C(C)C(=O)OC1CC2CC1C1C3CC(C(=O)OC(C)OCC)C(C3)C21. The molecule has 144 valence electrons. The normalized spacial score (nSPS) is 43.2. The van der Waals surface area contributed by atoms with E-state index >= 15 is 0 Å². The highest BCUT2D eigenvalue weighted by molar-refractivity contribution is 5.87. The first kappa shape index (κ1) is 18.0. The zero-order chi connectivity index (χ0) is 18.6. The van der Waals surface area contributed by atoms with Crippen LogP contribution in [0.2, 0.25) is 0 Å². The van der Waals surface area contributed by atoms with Crippen LogP contribution < -0.4 is 0 Å². The third-order valence-electron chi connectivity index (χ3n) is 7.35. The van der Waals surface area contributed by atoms with Crippen molar-refractivity contribution >= 4 is 11.9 Å². The molecule has 0 N–H and O–H groups in total. The van der Waals surface area contributed by atoms with E-state index in [0.717, 1.165) is 25.7 Å². The van der Waals surface area contributed by atoms with Gasteiger partial charge in [0.2, 0.25) is 0 Å². The van der Waals surface area contributed by atoms with Gasteiger partial charge in [0.1, 0.15) is 6.10 Å². The third kappa shape index (κ3) is 2.79. The van der Waals surface area contributed by atoms with Crippen molar-refractivity contribution in [2.45, 2.75) is 58.8 Å². The van der Waals surface area contributed by atoms with E-state index in [1.807, 2.05) is 6.92 Å². The van der Waals surface area contributed by atoms with Gasteiger partial charge in [-0.2, -0.15) is 0 Å². The Bertz CT molecular complexity index is 614. The smallest absolute Gasteiger partial charge is 0.333 e. The van der Waals surface area contributed by atoms with Crippen molar-refractivity contribution in [2.24, 2.45) is 41.4 Å². The van der Waals surface area contributed by atoms with Crippen molar-refractivity contribution in [3.63, 3.8) is 0 Å². The molecule has 4 aliphatic carbocycles. The number of hydrogen-bond donors (Lipinski definition) is 0. The summed E-state index contributed by atoms with van der Waals surface area (Å²) in [5.41, 5.74) is 0.475. The van der Waals surface area contributed by atoms with E-state index in [-0.39, 0.29) is 24.0 Å². The van der Waals surface area contributed by atoms with Crippen LogP contribution in [0, 0.1) is 41.4 Å². The van der Waals surface area contributed by atoms with Crippen molar-refractivity contribution in [3.8, 4) is 0 Å². The lowest BCUT2D eigenvalue weighted by molar-refractivity contribution is -0.182. The highest BCUT2D eigenvalue weighted by Crippen LogP contribution is 2.69. The Hall–Kier alpha value is -1.36. The van der Waals surface area contributed by atoms with Crippen LogP contribution in [0.4, 0.5) is 0 Å². The quantitative estimate of drug-likeness (QED) is 0.314. The molecule has 4 fully saturated rings. The van der Waals surface area contributed by atoms with Gasteiger partial charge in [-0.15, -0.1) is 0 Å². The van der Waals surface area contributed by atoms with Crippen LogP contribution in [0.5, 0.6) is 0 Å². The zero-order valence-electron chi connectivity index (χ0n) is 16.0. The average Bonchev–Trinajstić information content (AvgIpc) is 3.32. The molecule has 0 saturated heterocycles. The van der Waals surface area contributed by atoms with Crippen LogP contribution in [-0.2, 0) is 23.8 Å². The van der Waals surface area contributed by atoms with Gasteiger partial charge in [-0.3, -0.25) is 4.79 Å². The minimum absolute atomic E-state index is 0.0277. The molecule has 5 heteroatoms. The molecule has 9 unspecified atom stereocenters. The van der Waals surface area contributed by atoms with Gasteiger partial charge in [0.25, 0.3) is 0 Å². The molecule has 0 spiro atoms. The largest absolute Gasteiger partial charge is 0.459 e. The first-order valence-corrected chi connectivity index (χ1v) is 10.1. The molecule has 4 saturated carbocycles. The minimum Gasteiger partial charge on any atom is -0.459 e. The van der Waals surface area contributed by atoms with Crippen LogP contribution in [0.3, 0.4) is 0 Å². The maximum Gasteiger partial charge on any atom is 0.333 e. The predicted octanol–water partition coefficient (Wildman–Crippen LogP) is 3.33. The Morgan fingerprint density at radius 1 is 1.08 bits per heavy atom. The van der Waals surface area contributed by atoms with Crippen molar-refractivity contribution in [1.82, 2.24) is 0 Å². The second-order valence-electron chi connectivity index (χ2n) is 8.74. The fraction of sp³-hybridized carbons (Fsp3) is 0.810. The highest BCUT2D eigenvalue weighted by Gasteiger charge is 2.66. The van der Waals surface area contributed by atoms with Gasteiger partial charge in [-0.05, 0) is 82.0 Å². The van der Waals surface area contributed by atoms with Gasteiger partial charge in [0, 0.05) is 12.2 Å². The first-order chi connectivity index (χ1) is 12.4. The average molecular weight is 362 g/mol. The molecule has 0 aliphatic heterocycles. The van der Waals surface area contributed by atoms with E-state index in [0.29, 0.717) is 47.7 Å². The van der Waals surface area contributed by atoms with E-state index in [9.17, 15) is 9.59 Å². The lowest BCUT2D eigenvalue weighted by atomic mass is 9.67. The Morgan fingerprint density at radius 3 is 2.42 bits per heavy atom. The molecule has 5 nitrogen and oxygen atoms in total. The minimum atomic E-state index is -0.464. The van der Waals surface area contributed by atoms with E-state index in [2.05, 4.69) is 6.58 Å². The highest BCUT2D eigenvalue weighted by atomic mass is 16.7. The number of hydrogen-bond acceptors (Lipinski definition) is 5. The summed E-state index contributed by atoms with van der Waals surface area (Å²) in [6.07, 6.45) is 3.74. The van der Waals surface area contributed by atoms with Crippen LogP contribution in [-0.4, -0.2) is 30.9 Å². The summed E-state index contributed by atoms with van der Waals surface area (Å²) in [7, 11) is 0. The molecule has 0 aromatic carbocycles. The van der Waals surface area contributed by atoms with Gasteiger partial charge in [0.05, 0.1) is 5.92 Å². The van der Waals surface area contributed by atoms with Gasteiger partial charge in [0.15, 0.2) is 6.29 Å². The van der Waals surface area contributed by atoms with Crippen LogP contribution in [0.25, 0.3) is 0 Å². The molecule has 4 aliphatic rings. The molecular formula is C21H30O5. The van der Waals surface area contributed by atoms with Gasteiger partial charge in [-0.25, -0.2) is 4.79 Å². The summed E-state index contributed by atoms with van der Waals surface area (Å²) in [6, 6.07) is 0. The van der Waals surface area contributed by atoms with Crippen molar-refractivity contribution in [2.75, 3.05) is 6.61 Å². The number of fused-ring (bicyclic) bond motifs is 9. The van der Waals surface area contributed by atoms with Crippen molar-refractivity contribution in [1.29, 1.82) is 0 Å². The Morgan fingerprint density at radius 2 is 1.73 bits per heavy atom. The summed E-state index contributed by atoms with van der Waals surface area (Å²) < 4.78 is 16.6. The summed E-state index contributed by atoms with van der Waals surface area (Å²) in [5.74, 6) is 3.00. The van der Waals surface area contributed by atoms with Crippen molar-refractivity contribution < 1.29 is 23.8 Å². The summed E-state index contributed by atoms with van der Waals surface area (Å²) in [6.45, 7) is 9.63. The van der Waals surface area contributed by atoms with E-state index in [1.165, 1.54) is 0 Å². The maximum atomic E-state index is 12.6. The van der Waals surface area contributed by atoms with Crippen molar-refractivity contribution in [3.05, 3.63) is 12.2 Å². The third-order valence-corrected chi connectivity index (χ3v) is 7.35. The molecule has 0 aromatic heterocycles. The topological polar surface area (TPSA) is 61.8 Å². The summed E-state index contributed by atoms with van der Waals surface area (Å²) >= 11 is 0. The fourth-order valence-electron chi connectivity index (χ4n) is 6.70. The molecule has 4 rings (SSSR count). The van der Waals surface area contributed by atoms with E-state index < -0.39 is 6.29 Å². The standard InChI is InChI=1S/C21H30O5/c1-5-24-11(4)25-21(23)15-7-12-6-14(15)18-13-8-16(19(12)18)17(9-13)26-20(22)10(2)3/h11-19H,2,5-9H2,1,3-4H3. The molecular weight excluding hydrogens is 332 g/mol. The Balaban J connectivity index is 1.40. The zero-order valence-corrected chi connectivity index (χ0v) is 16.0. The number of ether oxygens (including phenoxy) is 3. The lowest BCUT2D eigenvalue weighted by Crippen LogP contribution is -2.41. The van der Waals surface area contributed by atoms with Gasteiger partial charge < -0.3 is 14.2 Å². The number of carbonyl (C=O) groups is 2. The van der Waals surface area contributed by atoms with E-state index in [4.69, 9.17) is 14.2 Å². The molecule has 0 radical (unpaired) electrons. The molecule has 0 amide bonds. The molecule has 9 atom stereocenters. The maximum absolute atomic E-state index is 12.6.